The minimum Gasteiger partial charge on any atom is -0.453 e. The minimum absolute atomic E-state index is 0.172. The number of hydrogen-bond donors (Lipinski definition) is 1. The molecule has 0 saturated carbocycles. The van der Waals surface area contributed by atoms with Crippen LogP contribution in [0.15, 0.2) is 55.0 Å². The van der Waals surface area contributed by atoms with E-state index in [4.69, 9.17) is 4.42 Å². The monoisotopic (exact) mass is 348 g/mol. The van der Waals surface area contributed by atoms with Crippen LogP contribution in [0.1, 0.15) is 10.6 Å². The number of carbonyl (C=O) groups is 1. The summed E-state index contributed by atoms with van der Waals surface area (Å²) in [5.41, 5.74) is -0.573. The summed E-state index contributed by atoms with van der Waals surface area (Å²) in [5.74, 6) is -0.183. The highest BCUT2D eigenvalue weighted by atomic mass is 79.9. The number of Topliss-reactive ketones (excluding diaryl/α,β-unsaturated/α-hetero) is 1. The SMILES string of the molecule is O=C(Cn1cc(Br)c(=O)[nH]c1=O)c1cc2ccccc2o1. The molecule has 0 fully saturated rings. The van der Waals surface area contributed by atoms with E-state index in [9.17, 15) is 14.4 Å². The van der Waals surface area contributed by atoms with Crippen LogP contribution in [-0.4, -0.2) is 15.3 Å². The van der Waals surface area contributed by atoms with Crippen LogP contribution in [0.5, 0.6) is 0 Å². The summed E-state index contributed by atoms with van der Waals surface area (Å²) in [4.78, 5) is 37.2. The number of benzene rings is 1. The first-order valence-corrected chi connectivity index (χ1v) is 6.85. The zero-order valence-electron chi connectivity index (χ0n) is 10.6. The van der Waals surface area contributed by atoms with Crippen molar-refractivity contribution >= 4 is 32.7 Å². The lowest BCUT2D eigenvalue weighted by atomic mass is 10.2. The second-order valence-electron chi connectivity index (χ2n) is 4.44. The summed E-state index contributed by atoms with van der Waals surface area (Å²) in [6, 6.07) is 8.87. The number of aromatic amines is 1. The first-order valence-electron chi connectivity index (χ1n) is 6.05. The quantitative estimate of drug-likeness (QED) is 0.733. The van der Waals surface area contributed by atoms with Crippen molar-refractivity contribution in [2.75, 3.05) is 0 Å². The molecule has 6 nitrogen and oxygen atoms in total. The summed E-state index contributed by atoms with van der Waals surface area (Å²) in [6.45, 7) is -0.214. The van der Waals surface area contributed by atoms with Gasteiger partial charge in [0, 0.05) is 11.6 Å². The standard InChI is InChI=1S/C14H9BrN2O4/c15-9-6-17(14(20)16-13(9)19)7-10(18)12-5-8-3-1-2-4-11(8)21-12/h1-6H,7H2,(H,16,19,20). The Hall–Kier alpha value is -2.41. The van der Waals surface area contributed by atoms with Gasteiger partial charge in [0.1, 0.15) is 5.58 Å². The van der Waals surface area contributed by atoms with Gasteiger partial charge in [-0.15, -0.1) is 0 Å². The summed E-state index contributed by atoms with van der Waals surface area (Å²) < 4.78 is 6.74. The van der Waals surface area contributed by atoms with E-state index >= 15 is 0 Å². The summed E-state index contributed by atoms with van der Waals surface area (Å²) in [7, 11) is 0. The molecule has 0 aliphatic carbocycles. The lowest BCUT2D eigenvalue weighted by Gasteiger charge is -2.02. The fourth-order valence-electron chi connectivity index (χ4n) is 1.95. The maximum Gasteiger partial charge on any atom is 0.328 e. The molecular weight excluding hydrogens is 340 g/mol. The average molecular weight is 349 g/mol. The molecule has 0 radical (unpaired) electrons. The smallest absolute Gasteiger partial charge is 0.328 e. The number of fused-ring (bicyclic) bond motifs is 1. The Labute approximate surface area is 126 Å². The fraction of sp³-hybridized carbons (Fsp3) is 0.0714. The molecule has 3 rings (SSSR count). The fourth-order valence-corrected chi connectivity index (χ4v) is 2.30. The van der Waals surface area contributed by atoms with Crippen molar-refractivity contribution in [2.24, 2.45) is 0 Å². The molecule has 0 spiro atoms. The lowest BCUT2D eigenvalue weighted by molar-refractivity contribution is 0.0945. The normalized spacial score (nSPS) is 10.9. The van der Waals surface area contributed by atoms with Crippen molar-refractivity contribution < 1.29 is 9.21 Å². The zero-order valence-corrected chi connectivity index (χ0v) is 12.2. The van der Waals surface area contributed by atoms with Crippen LogP contribution in [0, 0.1) is 0 Å². The lowest BCUT2D eigenvalue weighted by Crippen LogP contribution is -2.31. The molecule has 0 amide bonds. The Morgan fingerprint density at radius 1 is 1.29 bits per heavy atom. The zero-order chi connectivity index (χ0) is 15.0. The third-order valence-corrected chi connectivity index (χ3v) is 3.55. The molecule has 7 heteroatoms. The van der Waals surface area contributed by atoms with Gasteiger partial charge in [-0.1, -0.05) is 18.2 Å². The van der Waals surface area contributed by atoms with Crippen LogP contribution in [0.2, 0.25) is 0 Å². The molecule has 1 N–H and O–H groups in total. The van der Waals surface area contributed by atoms with Crippen LogP contribution in [0.25, 0.3) is 11.0 Å². The van der Waals surface area contributed by atoms with Crippen LogP contribution in [0.3, 0.4) is 0 Å². The maximum absolute atomic E-state index is 12.2. The molecule has 0 aliphatic rings. The van der Waals surface area contributed by atoms with E-state index in [1.165, 1.54) is 6.20 Å². The highest BCUT2D eigenvalue weighted by molar-refractivity contribution is 9.10. The third-order valence-electron chi connectivity index (χ3n) is 2.98. The van der Waals surface area contributed by atoms with Crippen molar-refractivity contribution in [2.45, 2.75) is 6.54 Å². The van der Waals surface area contributed by atoms with Crippen molar-refractivity contribution in [3.05, 3.63) is 67.6 Å². The molecule has 21 heavy (non-hydrogen) atoms. The number of carbonyl (C=O) groups excluding carboxylic acids is 1. The van der Waals surface area contributed by atoms with E-state index in [-0.39, 0.29) is 22.6 Å². The molecule has 0 bridgehead atoms. The number of ketones is 1. The van der Waals surface area contributed by atoms with Gasteiger partial charge in [0.25, 0.3) is 5.56 Å². The third kappa shape index (κ3) is 2.59. The van der Waals surface area contributed by atoms with E-state index in [1.54, 1.807) is 12.1 Å². The molecule has 0 aliphatic heterocycles. The Balaban J connectivity index is 1.94. The van der Waals surface area contributed by atoms with E-state index in [0.717, 1.165) is 9.95 Å². The number of hydrogen-bond acceptors (Lipinski definition) is 4. The van der Waals surface area contributed by atoms with Gasteiger partial charge < -0.3 is 4.42 Å². The molecule has 106 valence electrons. The van der Waals surface area contributed by atoms with Crippen LogP contribution in [0.4, 0.5) is 0 Å². The predicted molar refractivity (Wildman–Crippen MR) is 79.6 cm³/mol. The van der Waals surface area contributed by atoms with Gasteiger partial charge in [0.05, 0.1) is 11.0 Å². The number of nitrogens with zero attached hydrogens (tertiary/aromatic N) is 1. The molecule has 0 unspecified atom stereocenters. The van der Waals surface area contributed by atoms with Crippen LogP contribution >= 0.6 is 15.9 Å². The molecule has 2 aromatic heterocycles. The number of H-pyrrole nitrogens is 1. The van der Waals surface area contributed by atoms with Crippen molar-refractivity contribution in [3.8, 4) is 0 Å². The van der Waals surface area contributed by atoms with Gasteiger partial charge in [0.2, 0.25) is 5.78 Å². The maximum atomic E-state index is 12.2. The average Bonchev–Trinajstić information content (AvgIpc) is 2.88. The van der Waals surface area contributed by atoms with Gasteiger partial charge in [-0.3, -0.25) is 19.1 Å². The Kier molecular flexibility index (Phi) is 3.34. The number of furan rings is 1. The largest absolute Gasteiger partial charge is 0.453 e. The van der Waals surface area contributed by atoms with Crippen LogP contribution < -0.4 is 11.2 Å². The van der Waals surface area contributed by atoms with Crippen molar-refractivity contribution in [1.29, 1.82) is 0 Å². The number of rotatable bonds is 3. The van der Waals surface area contributed by atoms with Gasteiger partial charge >= 0.3 is 5.69 Å². The number of aromatic nitrogens is 2. The van der Waals surface area contributed by atoms with E-state index in [1.807, 2.05) is 18.2 Å². The number of halogens is 1. The molecule has 1 aromatic carbocycles. The van der Waals surface area contributed by atoms with E-state index in [0.29, 0.717) is 5.58 Å². The number of para-hydroxylation sites is 1. The molecular formula is C14H9BrN2O4. The summed E-state index contributed by atoms with van der Waals surface area (Å²) in [6.07, 6.45) is 1.28. The first-order chi connectivity index (χ1) is 10.0. The highest BCUT2D eigenvalue weighted by Crippen LogP contribution is 2.19. The first kappa shape index (κ1) is 13.6. The number of nitrogens with one attached hydrogen (secondary N) is 1. The van der Waals surface area contributed by atoms with Gasteiger partial charge in [0.15, 0.2) is 5.76 Å². The summed E-state index contributed by atoms with van der Waals surface area (Å²) >= 11 is 3.02. The van der Waals surface area contributed by atoms with Gasteiger partial charge in [-0.25, -0.2) is 4.79 Å². The van der Waals surface area contributed by atoms with E-state index < -0.39 is 11.2 Å². The minimum atomic E-state index is -0.646. The topological polar surface area (TPSA) is 85.1 Å². The second kappa shape index (κ2) is 5.17. The van der Waals surface area contributed by atoms with Gasteiger partial charge in [-0.05, 0) is 28.1 Å². The molecule has 0 saturated heterocycles. The summed E-state index contributed by atoms with van der Waals surface area (Å²) in [5, 5.41) is 0.816. The van der Waals surface area contributed by atoms with Crippen molar-refractivity contribution in [3.63, 3.8) is 0 Å². The molecule has 3 aromatic rings. The second-order valence-corrected chi connectivity index (χ2v) is 5.29. The predicted octanol–water partition coefficient (Wildman–Crippen LogP) is 1.93. The Morgan fingerprint density at radius 2 is 2.05 bits per heavy atom. The van der Waals surface area contributed by atoms with Gasteiger partial charge in [-0.2, -0.15) is 0 Å². The van der Waals surface area contributed by atoms with E-state index in [2.05, 4.69) is 20.9 Å². The van der Waals surface area contributed by atoms with Crippen LogP contribution in [-0.2, 0) is 6.54 Å². The highest BCUT2D eigenvalue weighted by Gasteiger charge is 2.14. The molecule has 0 atom stereocenters. The Morgan fingerprint density at radius 3 is 2.81 bits per heavy atom. The van der Waals surface area contributed by atoms with Crippen molar-refractivity contribution in [1.82, 2.24) is 9.55 Å². The Bertz CT molecular complexity index is 918. The molecule has 2 heterocycles.